The van der Waals surface area contributed by atoms with Gasteiger partial charge in [-0.3, -0.25) is 24.8 Å². The lowest BCUT2D eigenvalue weighted by Crippen LogP contribution is -2.51. The number of hydrogen-bond acceptors (Lipinski definition) is 8. The van der Waals surface area contributed by atoms with Gasteiger partial charge < -0.3 is 14.1 Å². The number of para-hydroxylation sites is 1. The number of fused-ring (bicyclic) bond motifs is 1. The van der Waals surface area contributed by atoms with Crippen molar-refractivity contribution in [2.45, 2.75) is 17.0 Å². The van der Waals surface area contributed by atoms with Crippen LogP contribution in [0.2, 0.25) is 0 Å². The van der Waals surface area contributed by atoms with Gasteiger partial charge in [0.25, 0.3) is 0 Å². The number of carbonyl (C=O) groups excluding carboxylic acids is 1. The Balaban J connectivity index is 1.01. The number of rotatable bonds is 8. The number of thioether (sulfide) groups is 1. The van der Waals surface area contributed by atoms with Gasteiger partial charge in [0.1, 0.15) is 5.58 Å². The van der Waals surface area contributed by atoms with Gasteiger partial charge in [-0.05, 0) is 30.2 Å². The number of carbonyl (C=O) groups is 1. The number of hydrogen-bond donors (Lipinski definition) is 1. The highest BCUT2D eigenvalue weighted by Gasteiger charge is 2.34. The SMILES string of the molecule is O=C([C@@H]1CNC(c2cccnc2)S1)N1CCN(CCCOc2c(-c3ccccc3)oc3ccccc3c2=O)CC1. The van der Waals surface area contributed by atoms with E-state index in [9.17, 15) is 9.59 Å². The standard InChI is InChI=1S/C31H32N4O4S/c36-27-24-11-4-5-12-25(24)39-28(22-8-2-1-3-9-22)29(27)38-19-7-14-34-15-17-35(18-16-34)31(37)26-21-33-30(40-26)23-10-6-13-32-20-23/h1-6,8-13,20,26,30,33H,7,14-19,21H2/t26-,30?/m0/s1. The predicted octanol–water partition coefficient (Wildman–Crippen LogP) is 4.17. The molecule has 2 aliphatic heterocycles. The quantitative estimate of drug-likeness (QED) is 0.324. The minimum absolute atomic E-state index is 0.0716. The summed E-state index contributed by atoms with van der Waals surface area (Å²) in [6, 6.07) is 20.8. The number of aromatic nitrogens is 1. The molecule has 2 atom stereocenters. The fraction of sp³-hybridized carbons (Fsp3) is 0.323. The van der Waals surface area contributed by atoms with E-state index in [0.29, 0.717) is 29.9 Å². The molecule has 8 nitrogen and oxygen atoms in total. The van der Waals surface area contributed by atoms with Gasteiger partial charge in [-0.2, -0.15) is 0 Å². The molecule has 206 valence electrons. The highest BCUT2D eigenvalue weighted by molar-refractivity contribution is 8.01. The van der Waals surface area contributed by atoms with Gasteiger partial charge in [0.2, 0.25) is 17.1 Å². The summed E-state index contributed by atoms with van der Waals surface area (Å²) >= 11 is 1.68. The maximum atomic E-state index is 13.3. The van der Waals surface area contributed by atoms with Crippen molar-refractivity contribution in [3.63, 3.8) is 0 Å². The minimum atomic E-state index is -0.155. The van der Waals surface area contributed by atoms with Crippen molar-refractivity contribution in [2.24, 2.45) is 0 Å². The van der Waals surface area contributed by atoms with E-state index >= 15 is 0 Å². The van der Waals surface area contributed by atoms with Crippen LogP contribution >= 0.6 is 11.8 Å². The summed E-state index contributed by atoms with van der Waals surface area (Å²) in [5.41, 5.74) is 2.30. The lowest BCUT2D eigenvalue weighted by molar-refractivity contribution is -0.132. The van der Waals surface area contributed by atoms with Crippen LogP contribution in [0.3, 0.4) is 0 Å². The number of amides is 1. The van der Waals surface area contributed by atoms with Crippen LogP contribution in [0.15, 0.2) is 88.3 Å². The zero-order valence-electron chi connectivity index (χ0n) is 22.2. The van der Waals surface area contributed by atoms with Crippen molar-refractivity contribution in [2.75, 3.05) is 45.9 Å². The molecular formula is C31H32N4O4S. The molecule has 0 bridgehead atoms. The first-order valence-corrected chi connectivity index (χ1v) is 14.7. The average Bonchev–Trinajstić information content (AvgIpc) is 3.51. The van der Waals surface area contributed by atoms with Crippen LogP contribution in [0.4, 0.5) is 0 Å². The van der Waals surface area contributed by atoms with E-state index < -0.39 is 0 Å². The number of ether oxygens (including phenoxy) is 1. The molecule has 6 rings (SSSR count). The summed E-state index contributed by atoms with van der Waals surface area (Å²) in [5.74, 6) is 0.928. The molecule has 0 spiro atoms. The van der Waals surface area contributed by atoms with E-state index in [-0.39, 0.29) is 27.7 Å². The van der Waals surface area contributed by atoms with Crippen molar-refractivity contribution < 1.29 is 13.9 Å². The Hall–Kier alpha value is -3.66. The molecule has 2 aliphatic rings. The van der Waals surface area contributed by atoms with Crippen molar-refractivity contribution >= 4 is 28.6 Å². The monoisotopic (exact) mass is 556 g/mol. The largest absolute Gasteiger partial charge is 0.486 e. The van der Waals surface area contributed by atoms with Gasteiger partial charge in [-0.25, -0.2) is 0 Å². The molecule has 0 aliphatic carbocycles. The van der Waals surface area contributed by atoms with Gasteiger partial charge >= 0.3 is 0 Å². The molecule has 1 N–H and O–H groups in total. The Bertz CT molecular complexity index is 1510. The maximum absolute atomic E-state index is 13.3. The summed E-state index contributed by atoms with van der Waals surface area (Å²) < 4.78 is 12.2. The molecule has 4 aromatic rings. The van der Waals surface area contributed by atoms with E-state index in [2.05, 4.69) is 15.2 Å². The maximum Gasteiger partial charge on any atom is 0.237 e. The molecule has 9 heteroatoms. The normalized spacial score (nSPS) is 19.6. The van der Waals surface area contributed by atoms with Crippen molar-refractivity contribution in [1.82, 2.24) is 20.1 Å². The highest BCUT2D eigenvalue weighted by Crippen LogP contribution is 2.35. The molecule has 2 fully saturated rings. The van der Waals surface area contributed by atoms with E-state index in [1.165, 1.54) is 0 Å². The Labute approximate surface area is 237 Å². The average molecular weight is 557 g/mol. The fourth-order valence-electron chi connectivity index (χ4n) is 5.24. The summed E-state index contributed by atoms with van der Waals surface area (Å²) in [4.78, 5) is 35.0. The summed E-state index contributed by atoms with van der Waals surface area (Å²) in [6.45, 7) is 5.02. The van der Waals surface area contributed by atoms with Crippen molar-refractivity contribution in [3.8, 4) is 17.1 Å². The number of nitrogens with zero attached hydrogens (tertiary/aromatic N) is 3. The summed E-state index contributed by atoms with van der Waals surface area (Å²) in [7, 11) is 0. The molecule has 4 heterocycles. The Morgan fingerprint density at radius 2 is 1.82 bits per heavy atom. The summed E-state index contributed by atoms with van der Waals surface area (Å²) in [5, 5.41) is 4.00. The van der Waals surface area contributed by atoms with Crippen LogP contribution < -0.4 is 15.5 Å². The van der Waals surface area contributed by atoms with Gasteiger partial charge in [-0.15, -0.1) is 11.8 Å². The molecular weight excluding hydrogens is 524 g/mol. The third-order valence-corrected chi connectivity index (χ3v) is 8.80. The number of piperazine rings is 1. The van der Waals surface area contributed by atoms with E-state index in [4.69, 9.17) is 9.15 Å². The second kappa shape index (κ2) is 12.2. The second-order valence-electron chi connectivity index (χ2n) is 10.0. The summed E-state index contributed by atoms with van der Waals surface area (Å²) in [6.07, 6.45) is 4.39. The zero-order chi connectivity index (χ0) is 27.3. The molecule has 0 radical (unpaired) electrons. The fourth-order valence-corrected chi connectivity index (χ4v) is 6.52. The van der Waals surface area contributed by atoms with Crippen LogP contribution in [-0.2, 0) is 4.79 Å². The zero-order valence-corrected chi connectivity index (χ0v) is 23.0. The smallest absolute Gasteiger partial charge is 0.237 e. The molecule has 0 saturated carbocycles. The van der Waals surface area contributed by atoms with Gasteiger partial charge in [0, 0.05) is 57.2 Å². The number of benzene rings is 2. The van der Waals surface area contributed by atoms with Crippen LogP contribution in [0.1, 0.15) is 17.4 Å². The van der Waals surface area contributed by atoms with Crippen LogP contribution in [0.5, 0.6) is 5.75 Å². The lowest BCUT2D eigenvalue weighted by Gasteiger charge is -2.35. The highest BCUT2D eigenvalue weighted by atomic mass is 32.2. The van der Waals surface area contributed by atoms with Crippen molar-refractivity contribution in [3.05, 3.63) is 94.9 Å². The van der Waals surface area contributed by atoms with Gasteiger partial charge in [0.15, 0.2) is 5.76 Å². The molecule has 1 amide bonds. The van der Waals surface area contributed by atoms with Gasteiger partial charge in [-0.1, -0.05) is 48.5 Å². The van der Waals surface area contributed by atoms with Crippen LogP contribution in [-0.4, -0.2) is 71.8 Å². The van der Waals surface area contributed by atoms with E-state index in [0.717, 1.165) is 50.3 Å². The third kappa shape index (κ3) is 5.77. The topological polar surface area (TPSA) is 87.9 Å². The molecule has 2 aromatic carbocycles. The first kappa shape index (κ1) is 26.6. The second-order valence-corrected chi connectivity index (χ2v) is 11.3. The van der Waals surface area contributed by atoms with E-state index in [1.54, 1.807) is 30.1 Å². The van der Waals surface area contributed by atoms with Gasteiger partial charge in [0.05, 0.1) is 22.6 Å². The Morgan fingerprint density at radius 3 is 2.62 bits per heavy atom. The molecule has 2 saturated heterocycles. The number of pyridine rings is 1. The Kier molecular flexibility index (Phi) is 8.13. The number of nitrogens with one attached hydrogen (secondary N) is 1. The first-order chi connectivity index (χ1) is 19.7. The van der Waals surface area contributed by atoms with Crippen LogP contribution in [0.25, 0.3) is 22.3 Å². The predicted molar refractivity (Wildman–Crippen MR) is 157 cm³/mol. The molecule has 1 unspecified atom stereocenters. The third-order valence-electron chi connectivity index (χ3n) is 7.39. The first-order valence-electron chi connectivity index (χ1n) is 13.7. The lowest BCUT2D eigenvalue weighted by atomic mass is 10.1. The van der Waals surface area contributed by atoms with Crippen LogP contribution in [0, 0.1) is 0 Å². The van der Waals surface area contributed by atoms with Crippen molar-refractivity contribution in [1.29, 1.82) is 0 Å². The minimum Gasteiger partial charge on any atom is -0.486 e. The Morgan fingerprint density at radius 1 is 1.02 bits per heavy atom. The van der Waals surface area contributed by atoms with E-state index in [1.807, 2.05) is 65.7 Å². The molecule has 40 heavy (non-hydrogen) atoms. The molecule has 2 aromatic heterocycles.